The lowest BCUT2D eigenvalue weighted by molar-refractivity contribution is 0.286. The molecular formula is C7H5NO3PS+. The molecule has 0 spiro atoms. The van der Waals surface area contributed by atoms with E-state index in [9.17, 15) is 4.57 Å². The van der Waals surface area contributed by atoms with Crippen LogP contribution in [-0.4, -0.2) is 4.73 Å². The molecule has 66 valence electrons. The summed E-state index contributed by atoms with van der Waals surface area (Å²) in [6.45, 7) is 0. The van der Waals surface area contributed by atoms with Gasteiger partial charge in [0.25, 0.3) is 0 Å². The van der Waals surface area contributed by atoms with Crippen LogP contribution >= 0.6 is 20.9 Å². The van der Waals surface area contributed by atoms with E-state index in [-0.39, 0.29) is 4.84 Å². The second-order valence-corrected chi connectivity index (χ2v) is 3.00. The zero-order valence-corrected chi connectivity index (χ0v) is 8.21. The highest BCUT2D eigenvalue weighted by atomic mass is 32.1. The van der Waals surface area contributed by atoms with E-state index in [4.69, 9.17) is 21.3 Å². The SMILES string of the molecule is O=[PH+]On1c(=S)oc2ccccc21. The molecule has 6 heteroatoms. The molecule has 1 heterocycles. The van der Waals surface area contributed by atoms with Gasteiger partial charge in [0.1, 0.15) is 5.52 Å². The van der Waals surface area contributed by atoms with Gasteiger partial charge in [-0.25, -0.2) is 0 Å². The number of hydrogen-bond donors (Lipinski definition) is 0. The van der Waals surface area contributed by atoms with Crippen molar-refractivity contribution < 1.29 is 13.6 Å². The van der Waals surface area contributed by atoms with Crippen LogP contribution in [0.1, 0.15) is 0 Å². The van der Waals surface area contributed by atoms with Gasteiger partial charge in [-0.05, 0) is 28.9 Å². The maximum absolute atomic E-state index is 10.3. The molecular weight excluding hydrogens is 209 g/mol. The average Bonchev–Trinajstić information content (AvgIpc) is 2.44. The maximum atomic E-state index is 10.3. The normalized spacial score (nSPS) is 10.8. The van der Waals surface area contributed by atoms with E-state index in [0.29, 0.717) is 11.1 Å². The van der Waals surface area contributed by atoms with Crippen molar-refractivity contribution in [1.29, 1.82) is 0 Å². The lowest BCUT2D eigenvalue weighted by Gasteiger charge is -1.88. The highest BCUT2D eigenvalue weighted by molar-refractivity contribution is 7.71. The molecule has 0 aliphatic rings. The average molecular weight is 214 g/mol. The van der Waals surface area contributed by atoms with Gasteiger partial charge in [0.05, 0.1) is 0 Å². The Hall–Kier alpha value is -1.19. The first-order valence-corrected chi connectivity index (χ1v) is 4.70. The Labute approximate surface area is 80.0 Å². The second-order valence-electron chi connectivity index (χ2n) is 2.30. The summed E-state index contributed by atoms with van der Waals surface area (Å²) in [7, 11) is -0.902. The van der Waals surface area contributed by atoms with Crippen molar-refractivity contribution >= 4 is 32.0 Å². The minimum Gasteiger partial charge on any atom is -0.427 e. The predicted molar refractivity (Wildman–Crippen MR) is 50.6 cm³/mol. The first kappa shape index (κ1) is 8.41. The van der Waals surface area contributed by atoms with Gasteiger partial charge in [0.15, 0.2) is 5.58 Å². The minimum atomic E-state index is -0.902. The van der Waals surface area contributed by atoms with Crippen molar-refractivity contribution in [1.82, 2.24) is 4.73 Å². The van der Waals surface area contributed by atoms with Crippen LogP contribution in [0.15, 0.2) is 28.7 Å². The van der Waals surface area contributed by atoms with E-state index in [1.807, 2.05) is 12.1 Å². The molecule has 0 saturated heterocycles. The molecule has 4 nitrogen and oxygen atoms in total. The van der Waals surface area contributed by atoms with Crippen LogP contribution in [-0.2, 0) is 4.57 Å². The van der Waals surface area contributed by atoms with E-state index >= 15 is 0 Å². The fraction of sp³-hybridized carbons (Fsp3) is 0. The van der Waals surface area contributed by atoms with Crippen LogP contribution in [0, 0.1) is 4.84 Å². The zero-order valence-electron chi connectivity index (χ0n) is 6.39. The Bertz CT molecular complexity index is 504. The molecule has 1 unspecified atom stereocenters. The van der Waals surface area contributed by atoms with Crippen molar-refractivity contribution in [3.63, 3.8) is 0 Å². The monoisotopic (exact) mass is 214 g/mol. The van der Waals surface area contributed by atoms with Crippen LogP contribution in [0.2, 0.25) is 0 Å². The molecule has 1 aromatic carbocycles. The molecule has 0 bridgehead atoms. The fourth-order valence-electron chi connectivity index (χ4n) is 1.07. The smallest absolute Gasteiger partial charge is 0.427 e. The van der Waals surface area contributed by atoms with Crippen molar-refractivity contribution in [2.75, 3.05) is 0 Å². The Balaban J connectivity index is 2.78. The molecule has 0 aliphatic carbocycles. The molecule has 1 atom stereocenters. The summed E-state index contributed by atoms with van der Waals surface area (Å²) >= 11 is 4.86. The first-order valence-electron chi connectivity index (χ1n) is 3.48. The summed E-state index contributed by atoms with van der Waals surface area (Å²) in [5, 5.41) is 0. The summed E-state index contributed by atoms with van der Waals surface area (Å²) in [6, 6.07) is 7.18. The van der Waals surface area contributed by atoms with Crippen LogP contribution in [0.4, 0.5) is 0 Å². The van der Waals surface area contributed by atoms with Gasteiger partial charge >= 0.3 is 13.5 Å². The number of fused-ring (bicyclic) bond motifs is 1. The molecule has 0 fully saturated rings. The second kappa shape index (κ2) is 3.28. The van der Waals surface area contributed by atoms with Gasteiger partial charge in [-0.3, -0.25) is 0 Å². The molecule has 0 N–H and O–H groups in total. The highest BCUT2D eigenvalue weighted by Gasteiger charge is 2.08. The largest absolute Gasteiger partial charge is 0.567 e. The number of oxazole rings is 1. The topological polar surface area (TPSA) is 44.4 Å². The van der Waals surface area contributed by atoms with Crippen LogP contribution in [0.3, 0.4) is 0 Å². The van der Waals surface area contributed by atoms with E-state index in [0.717, 1.165) is 0 Å². The maximum Gasteiger partial charge on any atom is 0.567 e. The van der Waals surface area contributed by atoms with Crippen LogP contribution in [0.5, 0.6) is 0 Å². The van der Waals surface area contributed by atoms with Gasteiger partial charge in [0, 0.05) is 0 Å². The summed E-state index contributed by atoms with van der Waals surface area (Å²) in [6.07, 6.45) is 0. The lowest BCUT2D eigenvalue weighted by atomic mass is 10.3. The van der Waals surface area contributed by atoms with Crippen LogP contribution < -0.4 is 4.62 Å². The van der Waals surface area contributed by atoms with Crippen molar-refractivity contribution in [2.45, 2.75) is 0 Å². The third kappa shape index (κ3) is 1.36. The quantitative estimate of drug-likeness (QED) is 0.568. The summed E-state index contributed by atoms with van der Waals surface area (Å²) in [4.78, 5) is 0.157. The van der Waals surface area contributed by atoms with Gasteiger partial charge in [0.2, 0.25) is 0 Å². The third-order valence-electron chi connectivity index (χ3n) is 1.58. The molecule has 0 saturated carbocycles. The van der Waals surface area contributed by atoms with E-state index < -0.39 is 8.69 Å². The van der Waals surface area contributed by atoms with Crippen LogP contribution in [0.25, 0.3) is 11.1 Å². The number of aromatic nitrogens is 1. The molecule has 2 rings (SSSR count). The van der Waals surface area contributed by atoms with Gasteiger partial charge in [-0.1, -0.05) is 16.9 Å². The minimum absolute atomic E-state index is 0.157. The van der Waals surface area contributed by atoms with Gasteiger partial charge < -0.3 is 4.42 Å². The predicted octanol–water partition coefficient (Wildman–Crippen LogP) is 2.33. The Kier molecular flexibility index (Phi) is 2.12. The Morgan fingerprint density at radius 3 is 3.00 bits per heavy atom. The summed E-state index contributed by atoms with van der Waals surface area (Å²) in [5.74, 6) is 0. The zero-order chi connectivity index (χ0) is 9.26. The number of para-hydroxylation sites is 2. The lowest BCUT2D eigenvalue weighted by Crippen LogP contribution is -1.98. The third-order valence-corrected chi connectivity index (χ3v) is 2.08. The number of nitrogens with zero attached hydrogens (tertiary/aromatic N) is 1. The highest BCUT2D eigenvalue weighted by Crippen LogP contribution is 2.16. The van der Waals surface area contributed by atoms with Crippen molar-refractivity contribution in [2.24, 2.45) is 0 Å². The molecule has 0 amide bonds. The molecule has 13 heavy (non-hydrogen) atoms. The van der Waals surface area contributed by atoms with E-state index in [1.165, 1.54) is 4.73 Å². The molecule has 0 radical (unpaired) electrons. The van der Waals surface area contributed by atoms with Crippen molar-refractivity contribution in [3.05, 3.63) is 29.1 Å². The van der Waals surface area contributed by atoms with E-state index in [1.54, 1.807) is 12.1 Å². The Morgan fingerprint density at radius 1 is 1.46 bits per heavy atom. The van der Waals surface area contributed by atoms with Gasteiger partial charge in [-0.15, -0.1) is 0 Å². The first-order chi connectivity index (χ1) is 6.33. The van der Waals surface area contributed by atoms with Crippen molar-refractivity contribution in [3.8, 4) is 0 Å². The molecule has 0 aliphatic heterocycles. The summed E-state index contributed by atoms with van der Waals surface area (Å²) in [5.41, 5.74) is 1.29. The summed E-state index contributed by atoms with van der Waals surface area (Å²) < 4.78 is 21.5. The van der Waals surface area contributed by atoms with Gasteiger partial charge in [-0.2, -0.15) is 4.62 Å². The Morgan fingerprint density at radius 2 is 2.23 bits per heavy atom. The molecule has 1 aromatic heterocycles. The number of hydrogen-bond acceptors (Lipinski definition) is 4. The van der Waals surface area contributed by atoms with E-state index in [2.05, 4.69) is 0 Å². The fourth-order valence-corrected chi connectivity index (χ4v) is 1.62. The number of benzene rings is 1. The molecule has 2 aromatic rings. The standard InChI is InChI=1S/C7H5NO3PS/c9-12-11-8-5-3-1-2-4-6(5)10-7(8)13/h1-4,12H/q+1. The number of rotatable bonds is 2.